The highest BCUT2D eigenvalue weighted by Crippen LogP contribution is 2.18. The highest BCUT2D eigenvalue weighted by molar-refractivity contribution is 8.25. The lowest BCUT2D eigenvalue weighted by atomic mass is 10.5. The average Bonchev–Trinajstić information content (AvgIpc) is 2.97. The second-order valence-corrected chi connectivity index (χ2v) is 20.1. The van der Waals surface area contributed by atoms with E-state index in [9.17, 15) is 18.6 Å². The molecule has 0 rings (SSSR count). The van der Waals surface area contributed by atoms with Crippen LogP contribution in [0.5, 0.6) is 0 Å². The molecule has 2 N–H and O–H groups in total. The quantitative estimate of drug-likeness (QED) is 0.0563. The van der Waals surface area contributed by atoms with Crippen molar-refractivity contribution in [2.75, 3.05) is 110 Å². The van der Waals surface area contributed by atoms with Crippen molar-refractivity contribution in [1.82, 2.24) is 0 Å². The number of carbonyl (C=O) groups is 3. The average molecular weight is 781 g/mol. The number of esters is 2. The van der Waals surface area contributed by atoms with E-state index in [4.69, 9.17) is 19.7 Å². The number of rotatable bonds is 32. The van der Waals surface area contributed by atoms with Crippen molar-refractivity contribution >= 4 is 134 Å². The maximum Gasteiger partial charge on any atom is 0.307 e. The SMILES string of the molecule is O=C(CCSCCO)OCSCCSCSC(=O)CSCCSCCS(=O)CSCCSCOC(=O)CCSCCO. The molecule has 0 aliphatic carbocycles. The molecular weight excluding hydrogens is 737 g/mol. The summed E-state index contributed by atoms with van der Waals surface area (Å²) in [5.41, 5.74) is 0. The summed E-state index contributed by atoms with van der Waals surface area (Å²) in [7, 11) is -0.838. The van der Waals surface area contributed by atoms with Gasteiger partial charge >= 0.3 is 11.9 Å². The Hall–Kier alpha value is 1.83. The minimum absolute atomic E-state index is 0.125. The van der Waals surface area contributed by atoms with Crippen LogP contribution in [0.2, 0.25) is 0 Å². The van der Waals surface area contributed by atoms with E-state index in [2.05, 4.69) is 0 Å². The van der Waals surface area contributed by atoms with Gasteiger partial charge in [-0.15, -0.1) is 47.0 Å². The zero-order valence-electron chi connectivity index (χ0n) is 23.8. The summed E-state index contributed by atoms with van der Waals surface area (Å²) in [6, 6.07) is 0. The minimum atomic E-state index is -0.838. The van der Waals surface area contributed by atoms with E-state index >= 15 is 0 Å². The van der Waals surface area contributed by atoms with Gasteiger partial charge in [0.1, 0.15) is 11.9 Å². The lowest BCUT2D eigenvalue weighted by molar-refractivity contribution is -0.141. The molecule has 0 amide bonds. The summed E-state index contributed by atoms with van der Waals surface area (Å²) < 4.78 is 22.4. The predicted molar refractivity (Wildman–Crippen MR) is 200 cm³/mol. The molecule has 0 spiro atoms. The molecule has 8 nitrogen and oxygen atoms in total. The maximum absolute atomic E-state index is 12.1. The first-order valence-corrected chi connectivity index (χ1v) is 24.9. The van der Waals surface area contributed by atoms with Crippen LogP contribution in [0.3, 0.4) is 0 Å². The number of hydrogen-bond donors (Lipinski definition) is 2. The Bertz CT molecular complexity index is 694. The van der Waals surface area contributed by atoms with Crippen LogP contribution >= 0.6 is 106 Å². The highest BCUT2D eigenvalue weighted by Gasteiger charge is 2.06. The summed E-state index contributed by atoms with van der Waals surface area (Å²) in [6.45, 7) is 0.252. The smallest absolute Gasteiger partial charge is 0.307 e. The van der Waals surface area contributed by atoms with Gasteiger partial charge in [-0.1, -0.05) is 11.8 Å². The van der Waals surface area contributed by atoms with E-state index in [1.165, 1.54) is 35.3 Å². The van der Waals surface area contributed by atoms with E-state index in [0.29, 0.717) is 64.3 Å². The van der Waals surface area contributed by atoms with Crippen molar-refractivity contribution in [1.29, 1.82) is 0 Å². The largest absolute Gasteiger partial charge is 0.455 e. The van der Waals surface area contributed by atoms with Crippen LogP contribution in [-0.2, 0) is 34.7 Å². The third-order valence-corrected chi connectivity index (χ3v) is 15.9. The molecule has 18 heteroatoms. The fraction of sp³-hybridized carbons (Fsp3) is 0.875. The fourth-order valence-corrected chi connectivity index (χ4v) is 12.4. The van der Waals surface area contributed by atoms with Crippen LogP contribution < -0.4 is 0 Å². The molecule has 1 unspecified atom stereocenters. The van der Waals surface area contributed by atoms with Gasteiger partial charge in [-0.05, 0) is 0 Å². The number of hydrogen-bond acceptors (Lipinski definition) is 17. The molecule has 0 radical (unpaired) electrons. The van der Waals surface area contributed by atoms with Crippen molar-refractivity contribution < 1.29 is 38.3 Å². The first-order chi connectivity index (χ1) is 20.5. The van der Waals surface area contributed by atoms with Crippen molar-refractivity contribution in [2.45, 2.75) is 12.8 Å². The van der Waals surface area contributed by atoms with Crippen molar-refractivity contribution in [3.63, 3.8) is 0 Å². The van der Waals surface area contributed by atoms with Crippen LogP contribution in [0.1, 0.15) is 12.8 Å². The zero-order chi connectivity index (χ0) is 30.9. The number of ether oxygens (including phenoxy) is 2. The second kappa shape index (κ2) is 35.7. The van der Waals surface area contributed by atoms with Gasteiger partial charge < -0.3 is 19.7 Å². The Kier molecular flexibility index (Phi) is 37.2. The van der Waals surface area contributed by atoms with Crippen LogP contribution in [0, 0.1) is 0 Å². The number of aliphatic hydroxyl groups excluding tert-OH is 2. The zero-order valence-corrected chi connectivity index (χ0v) is 31.9. The van der Waals surface area contributed by atoms with Gasteiger partial charge in [-0.2, -0.15) is 47.0 Å². The molecule has 0 saturated heterocycles. The molecule has 0 heterocycles. The van der Waals surface area contributed by atoms with E-state index in [1.807, 2.05) is 0 Å². The molecule has 0 bridgehead atoms. The fourth-order valence-electron chi connectivity index (χ4n) is 2.30. The highest BCUT2D eigenvalue weighted by atomic mass is 32.2. The molecule has 0 aliphatic heterocycles. The van der Waals surface area contributed by atoms with E-state index in [0.717, 1.165) is 45.4 Å². The Labute approximate surface area is 292 Å². The van der Waals surface area contributed by atoms with Gasteiger partial charge in [0, 0.05) is 84.9 Å². The monoisotopic (exact) mass is 780 g/mol. The van der Waals surface area contributed by atoms with E-state index in [1.54, 1.807) is 70.6 Å². The molecule has 0 aromatic rings. The van der Waals surface area contributed by atoms with Crippen molar-refractivity contribution in [3.05, 3.63) is 0 Å². The molecule has 248 valence electrons. The number of thioether (sulfide) groups is 9. The lowest BCUT2D eigenvalue weighted by Gasteiger charge is -2.05. The Balaban J connectivity index is 3.37. The van der Waals surface area contributed by atoms with Crippen LogP contribution in [-0.4, -0.2) is 142 Å². The van der Waals surface area contributed by atoms with E-state index < -0.39 is 10.8 Å². The summed E-state index contributed by atoms with van der Waals surface area (Å²) in [5.74, 6) is 10.3. The van der Waals surface area contributed by atoms with Gasteiger partial charge in [0.05, 0.1) is 36.9 Å². The van der Waals surface area contributed by atoms with Crippen LogP contribution in [0.25, 0.3) is 0 Å². The number of aliphatic hydroxyl groups is 2. The van der Waals surface area contributed by atoms with Gasteiger partial charge in [0.15, 0.2) is 5.12 Å². The van der Waals surface area contributed by atoms with Crippen LogP contribution in [0.15, 0.2) is 0 Å². The van der Waals surface area contributed by atoms with Gasteiger partial charge in [0.2, 0.25) is 0 Å². The summed E-state index contributed by atoms with van der Waals surface area (Å²) >= 11 is 14.4. The molecule has 42 heavy (non-hydrogen) atoms. The minimum Gasteiger partial charge on any atom is -0.455 e. The molecule has 1 atom stereocenters. The molecule has 0 saturated carbocycles. The normalized spacial score (nSPS) is 11.9. The summed E-state index contributed by atoms with van der Waals surface area (Å²) in [6.07, 6.45) is 0.735. The van der Waals surface area contributed by atoms with E-state index in [-0.39, 0.29) is 30.3 Å². The Morgan fingerprint density at radius 3 is 1.67 bits per heavy atom. The van der Waals surface area contributed by atoms with Gasteiger partial charge in [-0.25, -0.2) is 0 Å². The molecule has 0 aromatic heterocycles. The second-order valence-electron chi connectivity index (χ2n) is 7.63. The maximum atomic E-state index is 12.1. The molecule has 0 fully saturated rings. The standard InChI is InChI=1S/C24H44O8S10/c25-3-7-33-5-1-22(27)31-18-37-11-13-39-20-41-24(29)17-36-10-9-35-15-16-42(30)21-40-14-12-38-19-32-23(28)2-6-34-8-4-26/h25-26H,1-21H2. The Morgan fingerprint density at radius 1 is 0.571 bits per heavy atom. The number of carbonyl (C=O) groups excluding carboxylic acids is 3. The summed E-state index contributed by atoms with van der Waals surface area (Å²) in [5, 5.41) is 18.9. The topological polar surface area (TPSA) is 127 Å². The van der Waals surface area contributed by atoms with Crippen molar-refractivity contribution in [3.8, 4) is 0 Å². The first-order valence-electron chi connectivity index (χ1n) is 13.1. The molecule has 0 aromatic carbocycles. The first kappa shape index (κ1) is 43.8. The van der Waals surface area contributed by atoms with Gasteiger partial charge in [-0.3, -0.25) is 18.6 Å². The molecule has 0 aliphatic rings. The predicted octanol–water partition coefficient (Wildman–Crippen LogP) is 4.54. The third kappa shape index (κ3) is 34.7. The summed E-state index contributed by atoms with van der Waals surface area (Å²) in [4.78, 5) is 35.1. The van der Waals surface area contributed by atoms with Gasteiger partial charge in [0.25, 0.3) is 0 Å². The molecular formula is C24H44O8S10. The Morgan fingerprint density at radius 2 is 1.07 bits per heavy atom. The third-order valence-electron chi connectivity index (χ3n) is 4.29. The van der Waals surface area contributed by atoms with Crippen molar-refractivity contribution in [2.24, 2.45) is 0 Å². The lowest BCUT2D eigenvalue weighted by Crippen LogP contribution is -2.06. The van der Waals surface area contributed by atoms with Crippen LogP contribution in [0.4, 0.5) is 0 Å².